The van der Waals surface area contributed by atoms with E-state index in [1.165, 1.54) is 25.3 Å². The van der Waals surface area contributed by atoms with Crippen molar-refractivity contribution >= 4 is 11.9 Å². The highest BCUT2D eigenvalue weighted by Crippen LogP contribution is 2.52. The molecule has 1 unspecified atom stereocenters. The summed E-state index contributed by atoms with van der Waals surface area (Å²) in [4.78, 5) is 25.2. The average molecular weight is 497 g/mol. The number of carbonyl (C=O) groups excluding carboxylic acids is 1. The first-order valence-corrected chi connectivity index (χ1v) is 13.3. The van der Waals surface area contributed by atoms with Gasteiger partial charge in [-0.3, -0.25) is 4.79 Å². The number of anilines is 1. The van der Waals surface area contributed by atoms with Gasteiger partial charge in [0.25, 0.3) is 0 Å². The average Bonchev–Trinajstić information content (AvgIpc) is 3.65. The van der Waals surface area contributed by atoms with Crippen LogP contribution in [0.15, 0.2) is 30.6 Å². The molecule has 2 saturated heterocycles. The molecule has 8 heteroatoms. The molecule has 1 saturated carbocycles. The Kier molecular flexibility index (Phi) is 7.70. The summed E-state index contributed by atoms with van der Waals surface area (Å²) in [7, 11) is 1.67. The van der Waals surface area contributed by atoms with Crippen molar-refractivity contribution in [3.05, 3.63) is 47.5 Å². The molecule has 2 aromatic rings. The molecule has 1 amide bonds. The zero-order chi connectivity index (χ0) is 25.1. The van der Waals surface area contributed by atoms with Gasteiger partial charge in [-0.15, -0.1) is 0 Å². The lowest BCUT2D eigenvalue weighted by Crippen LogP contribution is -2.42. The van der Waals surface area contributed by atoms with Gasteiger partial charge in [-0.05, 0) is 61.0 Å². The second-order valence-electron chi connectivity index (χ2n) is 10.7. The summed E-state index contributed by atoms with van der Waals surface area (Å²) >= 11 is 0. The molecule has 1 aromatic heterocycles. The third kappa shape index (κ3) is 5.80. The highest BCUT2D eigenvalue weighted by molar-refractivity contribution is 5.79. The van der Waals surface area contributed by atoms with Crippen LogP contribution in [0.1, 0.15) is 43.7 Å². The van der Waals surface area contributed by atoms with Crippen LogP contribution in [0.5, 0.6) is 5.75 Å². The monoisotopic (exact) mass is 496 g/mol. The summed E-state index contributed by atoms with van der Waals surface area (Å²) in [6, 6.07) is 4.91. The molecule has 1 aliphatic carbocycles. The first kappa shape index (κ1) is 24.9. The van der Waals surface area contributed by atoms with E-state index in [1.54, 1.807) is 24.1 Å². The van der Waals surface area contributed by atoms with Crippen LogP contribution < -0.4 is 9.64 Å². The van der Waals surface area contributed by atoms with E-state index in [0.717, 1.165) is 55.9 Å². The molecular weight excluding hydrogens is 459 g/mol. The molecule has 0 N–H and O–H groups in total. The third-order valence-corrected chi connectivity index (χ3v) is 8.14. The molecule has 0 spiro atoms. The molecule has 3 aliphatic rings. The Labute approximate surface area is 213 Å². The molecule has 0 bridgehead atoms. The zero-order valence-corrected chi connectivity index (χ0v) is 21.4. The van der Waals surface area contributed by atoms with Crippen LogP contribution in [0.3, 0.4) is 0 Å². The fourth-order valence-corrected chi connectivity index (χ4v) is 5.66. The number of hydrogen-bond acceptors (Lipinski definition) is 6. The quantitative estimate of drug-likeness (QED) is 0.493. The summed E-state index contributed by atoms with van der Waals surface area (Å²) in [6.45, 7) is 6.94. The number of likely N-dealkylation sites (tertiary alicyclic amines) is 1. The van der Waals surface area contributed by atoms with Crippen LogP contribution in [0, 0.1) is 29.5 Å². The SMILES string of the molecule is COCc1cnc(N2CCC([C@H]3C[C@H]3C(C)COc3ccc(CC(=O)N4CCC4)c(F)c3)CC2)nc1. The standard InChI is InChI=1S/C28H37FN4O3/c1-19(17-36-23-5-4-22(26(29)13-23)12-27(34)32-8-3-9-32)24-14-25(24)21-6-10-33(11-7-21)28-30-15-20(16-31-28)18-35-2/h4-5,13,15-16,19,21,24-25H,3,6-12,14,17-18H2,1-2H3/t19?,24-,25+/m0/s1. The number of piperidine rings is 1. The largest absolute Gasteiger partial charge is 0.493 e. The van der Waals surface area contributed by atoms with Gasteiger partial charge in [0.2, 0.25) is 11.9 Å². The Balaban J connectivity index is 1.04. The molecule has 3 heterocycles. The fourth-order valence-electron chi connectivity index (χ4n) is 5.66. The molecule has 3 fully saturated rings. The smallest absolute Gasteiger partial charge is 0.227 e. The van der Waals surface area contributed by atoms with E-state index in [9.17, 15) is 9.18 Å². The predicted molar refractivity (Wildman–Crippen MR) is 135 cm³/mol. The molecule has 5 rings (SSSR count). The summed E-state index contributed by atoms with van der Waals surface area (Å²) in [5.74, 6) is 3.59. The van der Waals surface area contributed by atoms with Gasteiger partial charge in [0.15, 0.2) is 0 Å². The van der Waals surface area contributed by atoms with Crippen LogP contribution in [0.2, 0.25) is 0 Å². The van der Waals surface area contributed by atoms with Gasteiger partial charge in [0, 0.05) is 57.3 Å². The second-order valence-corrected chi connectivity index (χ2v) is 10.7. The number of nitrogens with zero attached hydrogens (tertiary/aromatic N) is 4. The van der Waals surface area contributed by atoms with Gasteiger partial charge in [0.05, 0.1) is 19.6 Å². The number of ether oxygens (including phenoxy) is 2. The molecule has 0 radical (unpaired) electrons. The summed E-state index contributed by atoms with van der Waals surface area (Å²) in [5, 5.41) is 0. The molecule has 36 heavy (non-hydrogen) atoms. The van der Waals surface area contributed by atoms with Crippen LogP contribution >= 0.6 is 0 Å². The highest BCUT2D eigenvalue weighted by atomic mass is 19.1. The fraction of sp³-hybridized carbons (Fsp3) is 0.607. The lowest BCUT2D eigenvalue weighted by atomic mass is 9.89. The Bertz CT molecular complexity index is 1040. The lowest BCUT2D eigenvalue weighted by Gasteiger charge is -2.32. The van der Waals surface area contributed by atoms with Crippen molar-refractivity contribution in [3.8, 4) is 5.75 Å². The minimum absolute atomic E-state index is 0.000516. The van der Waals surface area contributed by atoms with Crippen LogP contribution in [0.25, 0.3) is 0 Å². The van der Waals surface area contributed by atoms with Crippen LogP contribution in [0.4, 0.5) is 10.3 Å². The van der Waals surface area contributed by atoms with Gasteiger partial charge >= 0.3 is 0 Å². The zero-order valence-electron chi connectivity index (χ0n) is 21.4. The van der Waals surface area contributed by atoms with Gasteiger partial charge in [-0.1, -0.05) is 13.0 Å². The number of hydrogen-bond donors (Lipinski definition) is 0. The normalized spacial score (nSPS) is 22.8. The Morgan fingerprint density at radius 3 is 2.56 bits per heavy atom. The topological polar surface area (TPSA) is 67.8 Å². The van der Waals surface area contributed by atoms with E-state index in [2.05, 4.69) is 21.8 Å². The van der Waals surface area contributed by atoms with E-state index in [4.69, 9.17) is 9.47 Å². The minimum Gasteiger partial charge on any atom is -0.493 e. The Morgan fingerprint density at radius 2 is 1.92 bits per heavy atom. The van der Waals surface area contributed by atoms with Crippen LogP contribution in [-0.2, 0) is 22.6 Å². The number of aromatic nitrogens is 2. The van der Waals surface area contributed by atoms with Gasteiger partial charge in [-0.25, -0.2) is 14.4 Å². The highest BCUT2D eigenvalue weighted by Gasteiger charge is 2.46. The maximum Gasteiger partial charge on any atom is 0.227 e. The molecule has 3 atom stereocenters. The summed E-state index contributed by atoms with van der Waals surface area (Å²) < 4.78 is 25.6. The van der Waals surface area contributed by atoms with Crippen molar-refractivity contribution in [1.82, 2.24) is 14.9 Å². The molecule has 1 aromatic carbocycles. The van der Waals surface area contributed by atoms with Crippen LogP contribution in [-0.4, -0.2) is 60.7 Å². The number of halogens is 1. The molecule has 7 nitrogen and oxygen atoms in total. The summed E-state index contributed by atoms with van der Waals surface area (Å²) in [6.07, 6.45) is 8.45. The van der Waals surface area contributed by atoms with E-state index >= 15 is 0 Å². The summed E-state index contributed by atoms with van der Waals surface area (Å²) in [5.41, 5.74) is 1.43. The van der Waals surface area contributed by atoms with E-state index in [-0.39, 0.29) is 18.1 Å². The second kappa shape index (κ2) is 11.1. The number of carbonyl (C=O) groups is 1. The van der Waals surface area contributed by atoms with Crippen molar-refractivity contribution < 1.29 is 18.7 Å². The molecular formula is C28H37FN4O3. The van der Waals surface area contributed by atoms with Crippen molar-refractivity contribution in [2.24, 2.45) is 23.7 Å². The van der Waals surface area contributed by atoms with Crippen molar-refractivity contribution in [2.45, 2.75) is 45.6 Å². The maximum atomic E-state index is 14.5. The maximum absolute atomic E-state index is 14.5. The van der Waals surface area contributed by atoms with E-state index in [0.29, 0.717) is 36.4 Å². The van der Waals surface area contributed by atoms with Crippen molar-refractivity contribution in [3.63, 3.8) is 0 Å². The molecule has 2 aliphatic heterocycles. The molecule has 194 valence electrons. The Hall–Kier alpha value is -2.74. The first-order valence-electron chi connectivity index (χ1n) is 13.3. The number of methoxy groups -OCH3 is 1. The van der Waals surface area contributed by atoms with Crippen molar-refractivity contribution in [2.75, 3.05) is 44.8 Å². The van der Waals surface area contributed by atoms with Gasteiger partial charge in [0.1, 0.15) is 11.6 Å². The number of benzene rings is 1. The van der Waals surface area contributed by atoms with Gasteiger partial charge < -0.3 is 19.3 Å². The van der Waals surface area contributed by atoms with E-state index < -0.39 is 0 Å². The van der Waals surface area contributed by atoms with Gasteiger partial charge in [-0.2, -0.15) is 0 Å². The number of rotatable bonds is 10. The predicted octanol–water partition coefficient (Wildman–Crippen LogP) is 4.10. The third-order valence-electron chi connectivity index (χ3n) is 8.14. The number of amides is 1. The lowest BCUT2D eigenvalue weighted by molar-refractivity contribution is -0.133. The van der Waals surface area contributed by atoms with Crippen molar-refractivity contribution in [1.29, 1.82) is 0 Å². The Morgan fingerprint density at radius 1 is 1.17 bits per heavy atom. The first-order chi connectivity index (χ1) is 17.5. The minimum atomic E-state index is -0.359. The van der Waals surface area contributed by atoms with E-state index in [1.807, 2.05) is 12.4 Å².